The predicted octanol–water partition coefficient (Wildman–Crippen LogP) is 6.13. The fourth-order valence-electron chi connectivity index (χ4n) is 5.04. The van der Waals surface area contributed by atoms with Crippen molar-refractivity contribution in [3.8, 4) is 0 Å². The average Bonchev–Trinajstić information content (AvgIpc) is 3.48. The van der Waals surface area contributed by atoms with Gasteiger partial charge in [-0.3, -0.25) is 0 Å². The molecule has 182 valence electrons. The molecule has 0 amide bonds. The molecular weight excluding hydrogens is 512 g/mol. The molecule has 0 saturated heterocycles. The smallest absolute Gasteiger partial charge is 0.245 e. The summed E-state index contributed by atoms with van der Waals surface area (Å²) in [6.07, 6.45) is 2.70. The van der Waals surface area contributed by atoms with Crippen LogP contribution in [-0.2, 0) is 16.6 Å². The van der Waals surface area contributed by atoms with Gasteiger partial charge in [-0.15, -0.1) is 0 Å². The van der Waals surface area contributed by atoms with Gasteiger partial charge in [0.25, 0.3) is 0 Å². The van der Waals surface area contributed by atoms with E-state index in [1.165, 1.54) is 37.6 Å². The van der Waals surface area contributed by atoms with Crippen molar-refractivity contribution in [3.05, 3.63) is 94.6 Å². The van der Waals surface area contributed by atoms with Gasteiger partial charge in [0.1, 0.15) is 15.9 Å². The van der Waals surface area contributed by atoms with E-state index in [4.69, 9.17) is 11.6 Å². The molecule has 0 radical (unpaired) electrons. The minimum atomic E-state index is -3.68. The fourth-order valence-corrected chi connectivity index (χ4v) is 7.30. The monoisotopic (exact) mass is 534 g/mol. The van der Waals surface area contributed by atoms with Crippen LogP contribution < -0.4 is 0 Å². The molecule has 0 unspecified atom stereocenters. The van der Waals surface area contributed by atoms with E-state index in [0.717, 1.165) is 23.3 Å². The molecule has 2 aromatic heterocycles. The highest BCUT2D eigenvalue weighted by molar-refractivity contribution is 7.89. The van der Waals surface area contributed by atoms with E-state index in [-0.39, 0.29) is 4.90 Å². The third-order valence-electron chi connectivity index (χ3n) is 6.84. The summed E-state index contributed by atoms with van der Waals surface area (Å²) in [6.45, 7) is 3.62. The number of aromatic nitrogens is 3. The minimum absolute atomic E-state index is 0.223. The zero-order valence-corrected chi connectivity index (χ0v) is 21.9. The first kappa shape index (κ1) is 23.4. The minimum Gasteiger partial charge on any atom is -0.340 e. The van der Waals surface area contributed by atoms with Crippen LogP contribution in [0.15, 0.2) is 77.7 Å². The van der Waals surface area contributed by atoms with Crippen molar-refractivity contribution in [1.29, 1.82) is 0 Å². The van der Waals surface area contributed by atoms with Crippen molar-refractivity contribution in [2.45, 2.75) is 24.8 Å². The Labute approximate surface area is 218 Å². The molecule has 0 fully saturated rings. The van der Waals surface area contributed by atoms with E-state index in [1.807, 2.05) is 12.1 Å². The maximum atomic E-state index is 13.5. The molecule has 0 atom stereocenters. The second kappa shape index (κ2) is 9.12. The Kier molecular flexibility index (Phi) is 5.92. The van der Waals surface area contributed by atoms with E-state index < -0.39 is 10.0 Å². The molecule has 9 heteroatoms. The Morgan fingerprint density at radius 3 is 2.58 bits per heavy atom. The average molecular weight is 535 g/mol. The lowest BCUT2D eigenvalue weighted by atomic mass is 9.97. The first-order valence-corrected chi connectivity index (χ1v) is 14.2. The number of rotatable bonds is 5. The van der Waals surface area contributed by atoms with E-state index in [0.29, 0.717) is 30.5 Å². The number of hydrogen-bond acceptors (Lipinski definition) is 5. The second-order valence-corrected chi connectivity index (χ2v) is 11.8. The molecule has 0 N–H and O–H groups in total. The van der Waals surface area contributed by atoms with Gasteiger partial charge in [-0.2, -0.15) is 13.1 Å². The number of benzene rings is 3. The van der Waals surface area contributed by atoms with Crippen LogP contribution >= 0.6 is 23.3 Å². The molecule has 6 nitrogen and oxygen atoms in total. The number of halogens is 1. The summed E-state index contributed by atoms with van der Waals surface area (Å²) in [4.78, 5) is 0.223. The summed E-state index contributed by atoms with van der Waals surface area (Å²) < 4.78 is 39.2. The molecular formula is C27H23ClN4O2S2. The largest absolute Gasteiger partial charge is 0.340 e. The van der Waals surface area contributed by atoms with Gasteiger partial charge in [0.15, 0.2) is 0 Å². The van der Waals surface area contributed by atoms with Crippen molar-refractivity contribution in [3.63, 3.8) is 0 Å². The lowest BCUT2D eigenvalue weighted by Crippen LogP contribution is -2.34. The Hall–Kier alpha value is -3.04. The van der Waals surface area contributed by atoms with Crippen LogP contribution in [0.5, 0.6) is 0 Å². The van der Waals surface area contributed by atoms with Crippen molar-refractivity contribution < 1.29 is 8.42 Å². The van der Waals surface area contributed by atoms with E-state index >= 15 is 0 Å². The van der Waals surface area contributed by atoms with E-state index in [1.54, 1.807) is 18.2 Å². The normalized spacial score (nSPS) is 15.0. The number of hydrogen-bond donors (Lipinski definition) is 0. The number of nitrogens with zero attached hydrogens (tertiary/aromatic N) is 4. The van der Waals surface area contributed by atoms with Gasteiger partial charge in [-0.25, -0.2) is 8.42 Å². The van der Waals surface area contributed by atoms with Crippen LogP contribution in [0, 0.1) is 6.92 Å². The van der Waals surface area contributed by atoms with Gasteiger partial charge in [-0.1, -0.05) is 54.1 Å². The molecule has 1 aliphatic heterocycles. The summed E-state index contributed by atoms with van der Waals surface area (Å²) in [7, 11) is -3.68. The van der Waals surface area contributed by atoms with Crippen molar-refractivity contribution in [2.24, 2.45) is 0 Å². The van der Waals surface area contributed by atoms with E-state index in [2.05, 4.69) is 62.7 Å². The molecule has 1 aliphatic rings. The molecule has 0 spiro atoms. The Balaban J connectivity index is 1.35. The van der Waals surface area contributed by atoms with Crippen LogP contribution in [0.2, 0.25) is 5.02 Å². The molecule has 6 rings (SSSR count). The van der Waals surface area contributed by atoms with Crippen LogP contribution in [0.1, 0.15) is 23.2 Å². The zero-order chi connectivity index (χ0) is 24.9. The van der Waals surface area contributed by atoms with Crippen molar-refractivity contribution >= 4 is 60.9 Å². The van der Waals surface area contributed by atoms with Crippen molar-refractivity contribution in [1.82, 2.24) is 17.6 Å². The van der Waals surface area contributed by atoms with Gasteiger partial charge in [0.2, 0.25) is 10.0 Å². The fraction of sp³-hybridized carbons (Fsp3) is 0.185. The Morgan fingerprint density at radius 2 is 1.81 bits per heavy atom. The maximum absolute atomic E-state index is 13.5. The molecule has 0 bridgehead atoms. The number of para-hydroxylation sites is 1. The lowest BCUT2D eigenvalue weighted by Gasteiger charge is -2.26. The third kappa shape index (κ3) is 3.94. The van der Waals surface area contributed by atoms with Gasteiger partial charge in [0, 0.05) is 46.8 Å². The van der Waals surface area contributed by atoms with Gasteiger partial charge < -0.3 is 4.57 Å². The van der Waals surface area contributed by atoms with Gasteiger partial charge >= 0.3 is 0 Å². The first-order chi connectivity index (χ1) is 17.4. The second-order valence-electron chi connectivity index (χ2n) is 8.92. The third-order valence-corrected chi connectivity index (χ3v) is 9.54. The quantitative estimate of drug-likeness (QED) is 0.272. The first-order valence-electron chi connectivity index (χ1n) is 11.7. The van der Waals surface area contributed by atoms with Crippen LogP contribution in [0.4, 0.5) is 0 Å². The molecule has 0 aliphatic carbocycles. The number of fused-ring (bicyclic) bond motifs is 2. The molecule has 3 aromatic carbocycles. The van der Waals surface area contributed by atoms with E-state index in [9.17, 15) is 8.42 Å². The highest BCUT2D eigenvalue weighted by atomic mass is 35.5. The molecule has 5 aromatic rings. The number of sulfonamides is 1. The topological polar surface area (TPSA) is 68.1 Å². The summed E-state index contributed by atoms with van der Waals surface area (Å²) in [5, 5.41) is 1.91. The predicted molar refractivity (Wildman–Crippen MR) is 146 cm³/mol. The summed E-state index contributed by atoms with van der Waals surface area (Å²) in [5.74, 6) is 0. The Morgan fingerprint density at radius 1 is 1.00 bits per heavy atom. The zero-order valence-electron chi connectivity index (χ0n) is 19.6. The van der Waals surface area contributed by atoms with Crippen LogP contribution in [0.3, 0.4) is 0 Å². The lowest BCUT2D eigenvalue weighted by molar-refractivity contribution is 0.442. The highest BCUT2D eigenvalue weighted by Crippen LogP contribution is 2.36. The van der Waals surface area contributed by atoms with Crippen LogP contribution in [-0.4, -0.2) is 39.1 Å². The highest BCUT2D eigenvalue weighted by Gasteiger charge is 2.30. The standard InChI is InChI=1S/C27H23ClN4O2S2/c1-18-26(22-5-2-3-7-24(22)32(18)17-19-9-11-21(28)12-10-19)20-13-15-31(16-14-20)36(33,34)25-8-4-6-23-27(25)30-35-29-23/h2-13H,14-17H2,1H3. The van der Waals surface area contributed by atoms with Gasteiger partial charge in [0.05, 0.1) is 11.7 Å². The summed E-state index contributed by atoms with van der Waals surface area (Å²) >= 11 is 7.12. The van der Waals surface area contributed by atoms with Crippen molar-refractivity contribution in [2.75, 3.05) is 13.1 Å². The SMILES string of the molecule is Cc1c(C2=CCN(S(=O)(=O)c3cccc4nsnc34)CC2)c2ccccc2n1Cc1ccc(Cl)cc1. The molecule has 3 heterocycles. The maximum Gasteiger partial charge on any atom is 0.245 e. The summed E-state index contributed by atoms with van der Waals surface area (Å²) in [5.41, 5.74) is 6.94. The molecule has 0 saturated carbocycles. The Bertz CT molecular complexity index is 1740. The van der Waals surface area contributed by atoms with Crippen LogP contribution in [0.25, 0.3) is 27.5 Å². The van der Waals surface area contributed by atoms with Gasteiger partial charge in [-0.05, 0) is 54.8 Å². The summed E-state index contributed by atoms with van der Waals surface area (Å²) in [6, 6.07) is 21.5. The molecule has 36 heavy (non-hydrogen) atoms.